The van der Waals surface area contributed by atoms with Gasteiger partial charge in [-0.05, 0) is 36.6 Å². The topological polar surface area (TPSA) is 104 Å². The highest BCUT2D eigenvalue weighted by Crippen LogP contribution is 2.27. The molecule has 6 nitrogen and oxygen atoms in total. The molecule has 132 valence electrons. The number of rotatable bonds is 8. The van der Waals surface area contributed by atoms with Crippen molar-refractivity contribution in [1.82, 2.24) is 5.32 Å². The Hall–Kier alpha value is -2.24. The predicted octanol–water partition coefficient (Wildman–Crippen LogP) is 2.13. The Kier molecular flexibility index (Phi) is 6.90. The zero-order chi connectivity index (χ0) is 17.4. The maximum Gasteiger partial charge on any atom is 0.241 e. The first kappa shape index (κ1) is 18.1. The van der Waals surface area contributed by atoms with Gasteiger partial charge in [0.15, 0.2) is 0 Å². The van der Waals surface area contributed by atoms with E-state index in [1.165, 1.54) is 32.1 Å². The molecule has 0 saturated heterocycles. The van der Waals surface area contributed by atoms with E-state index in [0.29, 0.717) is 12.3 Å². The first-order valence-electron chi connectivity index (χ1n) is 8.66. The second-order valence-electron chi connectivity index (χ2n) is 6.49. The number of phenolic OH excluding ortho intramolecular Hbond substituents is 1. The van der Waals surface area contributed by atoms with E-state index in [1.807, 2.05) is 0 Å². The van der Waals surface area contributed by atoms with Crippen LogP contribution in [0.25, 0.3) is 0 Å². The highest BCUT2D eigenvalue weighted by atomic mass is 16.3. The first-order valence-corrected chi connectivity index (χ1v) is 8.66. The fourth-order valence-electron chi connectivity index (χ4n) is 3.10. The van der Waals surface area contributed by atoms with Crippen molar-refractivity contribution in [3.05, 3.63) is 24.3 Å². The second kappa shape index (κ2) is 9.15. The lowest BCUT2D eigenvalue weighted by atomic mass is 9.86. The van der Waals surface area contributed by atoms with Crippen LogP contribution in [-0.2, 0) is 9.59 Å². The van der Waals surface area contributed by atoms with Crippen molar-refractivity contribution in [2.45, 2.75) is 51.0 Å². The highest BCUT2D eigenvalue weighted by molar-refractivity contribution is 5.87. The molecule has 0 aliphatic heterocycles. The molecule has 0 spiro atoms. The number of primary amides is 1. The summed E-state index contributed by atoms with van der Waals surface area (Å²) in [5, 5.41) is 15.0. The van der Waals surface area contributed by atoms with Crippen molar-refractivity contribution in [2.24, 2.45) is 11.7 Å². The van der Waals surface area contributed by atoms with Crippen LogP contribution >= 0.6 is 0 Å². The molecule has 1 aliphatic rings. The lowest BCUT2D eigenvalue weighted by Crippen LogP contribution is -2.48. The molecule has 1 saturated carbocycles. The quantitative estimate of drug-likeness (QED) is 0.547. The molecule has 0 unspecified atom stereocenters. The van der Waals surface area contributed by atoms with E-state index in [-0.39, 0.29) is 18.2 Å². The summed E-state index contributed by atoms with van der Waals surface area (Å²) in [4.78, 5) is 23.6. The van der Waals surface area contributed by atoms with Gasteiger partial charge in [-0.25, -0.2) is 0 Å². The summed E-state index contributed by atoms with van der Waals surface area (Å²) in [7, 11) is 0. The van der Waals surface area contributed by atoms with Crippen LogP contribution in [0.15, 0.2) is 24.3 Å². The molecule has 1 aromatic rings. The Balaban J connectivity index is 1.76. The van der Waals surface area contributed by atoms with Crippen LogP contribution in [0.1, 0.15) is 44.9 Å². The third-order valence-corrected chi connectivity index (χ3v) is 4.56. The lowest BCUT2D eigenvalue weighted by molar-refractivity contribution is -0.127. The third kappa shape index (κ3) is 6.10. The fourth-order valence-corrected chi connectivity index (χ4v) is 3.10. The van der Waals surface area contributed by atoms with Crippen molar-refractivity contribution in [3.63, 3.8) is 0 Å². The number of hydrogen-bond acceptors (Lipinski definition) is 4. The minimum absolute atomic E-state index is 0.128. The molecule has 5 N–H and O–H groups in total. The molecule has 0 aromatic heterocycles. The lowest BCUT2D eigenvalue weighted by Gasteiger charge is -2.22. The number of phenols is 1. The molecule has 0 heterocycles. The largest absolute Gasteiger partial charge is 0.508 e. The molecular weight excluding hydrogens is 306 g/mol. The Morgan fingerprint density at radius 1 is 1.17 bits per heavy atom. The van der Waals surface area contributed by atoms with Crippen molar-refractivity contribution >= 4 is 17.5 Å². The molecule has 2 rings (SSSR count). The van der Waals surface area contributed by atoms with Gasteiger partial charge in [0, 0.05) is 18.7 Å². The Morgan fingerprint density at radius 3 is 2.46 bits per heavy atom. The minimum Gasteiger partial charge on any atom is -0.508 e. The number of hydrogen-bond donors (Lipinski definition) is 4. The molecule has 24 heavy (non-hydrogen) atoms. The van der Waals surface area contributed by atoms with Gasteiger partial charge in [0.1, 0.15) is 11.8 Å². The first-order chi connectivity index (χ1) is 11.5. The van der Waals surface area contributed by atoms with Crippen molar-refractivity contribution < 1.29 is 14.7 Å². The van der Waals surface area contributed by atoms with Gasteiger partial charge < -0.3 is 21.5 Å². The van der Waals surface area contributed by atoms with Gasteiger partial charge in [-0.3, -0.25) is 9.59 Å². The number of nitrogens with one attached hydrogen (secondary N) is 2. The number of carbonyl (C=O) groups excluding carboxylic acids is 2. The summed E-state index contributed by atoms with van der Waals surface area (Å²) < 4.78 is 0. The van der Waals surface area contributed by atoms with Crippen LogP contribution in [0, 0.1) is 5.92 Å². The standard InChI is InChI=1S/C18H27N3O3/c19-18(24)16(12-20-14-7-9-15(22)10-8-14)21-17(23)11-6-13-4-2-1-3-5-13/h7-10,13,16,20,22H,1-6,11-12H2,(H2,19,24)(H,21,23)/t16-/m0/s1. The number of benzene rings is 1. The van der Waals surface area contributed by atoms with Gasteiger partial charge in [-0.2, -0.15) is 0 Å². The molecule has 1 fully saturated rings. The molecule has 0 radical (unpaired) electrons. The molecule has 1 aliphatic carbocycles. The number of aromatic hydroxyl groups is 1. The molecule has 2 amide bonds. The maximum absolute atomic E-state index is 12.1. The van der Waals surface area contributed by atoms with Crippen LogP contribution in [0.5, 0.6) is 5.75 Å². The fraction of sp³-hybridized carbons (Fsp3) is 0.556. The third-order valence-electron chi connectivity index (χ3n) is 4.56. The molecule has 1 atom stereocenters. The SMILES string of the molecule is NC(=O)[C@H](CNc1ccc(O)cc1)NC(=O)CCC1CCCCC1. The Morgan fingerprint density at radius 2 is 1.83 bits per heavy atom. The zero-order valence-electron chi connectivity index (χ0n) is 14.0. The van der Waals surface area contributed by atoms with Gasteiger partial charge in [0.25, 0.3) is 0 Å². The smallest absolute Gasteiger partial charge is 0.241 e. The summed E-state index contributed by atoms with van der Waals surface area (Å²) in [5.41, 5.74) is 6.12. The van der Waals surface area contributed by atoms with Crippen LogP contribution in [0.3, 0.4) is 0 Å². The van der Waals surface area contributed by atoms with E-state index in [2.05, 4.69) is 10.6 Å². The molecular formula is C18H27N3O3. The van der Waals surface area contributed by atoms with E-state index < -0.39 is 11.9 Å². The van der Waals surface area contributed by atoms with E-state index in [4.69, 9.17) is 5.73 Å². The van der Waals surface area contributed by atoms with Crippen LogP contribution in [-0.4, -0.2) is 29.5 Å². The Labute approximate surface area is 142 Å². The van der Waals surface area contributed by atoms with E-state index in [1.54, 1.807) is 24.3 Å². The second-order valence-corrected chi connectivity index (χ2v) is 6.49. The zero-order valence-corrected chi connectivity index (χ0v) is 14.0. The average molecular weight is 333 g/mol. The van der Waals surface area contributed by atoms with Crippen LogP contribution in [0.4, 0.5) is 5.69 Å². The maximum atomic E-state index is 12.1. The van der Waals surface area contributed by atoms with Gasteiger partial charge in [0.05, 0.1) is 0 Å². The van der Waals surface area contributed by atoms with E-state index in [9.17, 15) is 14.7 Å². The normalized spacial score (nSPS) is 16.3. The predicted molar refractivity (Wildman–Crippen MR) is 93.5 cm³/mol. The van der Waals surface area contributed by atoms with Gasteiger partial charge in [-0.1, -0.05) is 32.1 Å². The van der Waals surface area contributed by atoms with E-state index >= 15 is 0 Å². The summed E-state index contributed by atoms with van der Waals surface area (Å²) in [6.07, 6.45) is 7.54. The number of anilines is 1. The number of amides is 2. The van der Waals surface area contributed by atoms with E-state index in [0.717, 1.165) is 12.1 Å². The Bertz CT molecular complexity index is 539. The number of nitrogens with two attached hydrogens (primary N) is 1. The molecule has 1 aromatic carbocycles. The average Bonchev–Trinajstić information content (AvgIpc) is 2.59. The van der Waals surface area contributed by atoms with Crippen molar-refractivity contribution in [3.8, 4) is 5.75 Å². The molecule has 6 heteroatoms. The van der Waals surface area contributed by atoms with Gasteiger partial charge in [0.2, 0.25) is 11.8 Å². The summed E-state index contributed by atoms with van der Waals surface area (Å²) in [6.45, 7) is 0.218. The summed E-state index contributed by atoms with van der Waals surface area (Å²) in [5.74, 6) is 0.110. The van der Waals surface area contributed by atoms with Crippen molar-refractivity contribution in [1.29, 1.82) is 0 Å². The monoisotopic (exact) mass is 333 g/mol. The summed E-state index contributed by atoms with van der Waals surface area (Å²) >= 11 is 0. The minimum atomic E-state index is -0.752. The highest BCUT2D eigenvalue weighted by Gasteiger charge is 2.19. The number of carbonyl (C=O) groups is 2. The van der Waals surface area contributed by atoms with Gasteiger partial charge >= 0.3 is 0 Å². The van der Waals surface area contributed by atoms with Crippen LogP contribution < -0.4 is 16.4 Å². The summed E-state index contributed by atoms with van der Waals surface area (Å²) in [6, 6.07) is 5.73. The van der Waals surface area contributed by atoms with Crippen molar-refractivity contribution in [2.75, 3.05) is 11.9 Å². The van der Waals surface area contributed by atoms with Gasteiger partial charge in [-0.15, -0.1) is 0 Å². The molecule has 0 bridgehead atoms. The van der Waals surface area contributed by atoms with Crippen LogP contribution in [0.2, 0.25) is 0 Å².